The smallest absolute Gasteiger partial charge is 0.318 e. The monoisotopic (exact) mass is 327 g/mol. The number of rotatable bonds is 5. The van der Waals surface area contributed by atoms with Crippen molar-refractivity contribution in [3.05, 3.63) is 35.2 Å². The number of aromatic nitrogens is 2. The van der Waals surface area contributed by atoms with Gasteiger partial charge in [0.15, 0.2) is 5.78 Å². The number of hydrogen-bond acceptors (Lipinski definition) is 6. The molecule has 0 unspecified atom stereocenters. The molecule has 0 aliphatic rings. The summed E-state index contributed by atoms with van der Waals surface area (Å²) >= 11 is 1.28. The van der Waals surface area contributed by atoms with Crippen LogP contribution < -0.4 is 10.5 Å². The van der Waals surface area contributed by atoms with Crippen molar-refractivity contribution >= 4 is 33.0 Å². The first-order valence-corrected chi connectivity index (χ1v) is 8.22. The van der Waals surface area contributed by atoms with Crippen LogP contribution >= 0.6 is 11.3 Å². The molecule has 2 aromatic heterocycles. The number of fused-ring (bicyclic) bond motifs is 1. The SMILES string of the molecule is CCCOc1nc(-c2ccccc2)c2c(N)c(C(C)=O)sc2n1. The lowest BCUT2D eigenvalue weighted by Crippen LogP contribution is -2.01. The molecule has 5 nitrogen and oxygen atoms in total. The van der Waals surface area contributed by atoms with Gasteiger partial charge in [0.2, 0.25) is 0 Å². The summed E-state index contributed by atoms with van der Waals surface area (Å²) in [5.74, 6) is -0.0689. The molecule has 6 heteroatoms. The van der Waals surface area contributed by atoms with E-state index in [-0.39, 0.29) is 5.78 Å². The average molecular weight is 327 g/mol. The summed E-state index contributed by atoms with van der Waals surface area (Å²) in [7, 11) is 0. The Morgan fingerprint density at radius 1 is 1.26 bits per heavy atom. The molecule has 3 aromatic rings. The largest absolute Gasteiger partial charge is 0.463 e. The molecule has 0 atom stereocenters. The molecule has 0 saturated heterocycles. The molecule has 0 saturated carbocycles. The number of anilines is 1. The molecular weight excluding hydrogens is 310 g/mol. The Morgan fingerprint density at radius 3 is 2.65 bits per heavy atom. The third kappa shape index (κ3) is 2.90. The van der Waals surface area contributed by atoms with Gasteiger partial charge in [-0.05, 0) is 6.42 Å². The highest BCUT2D eigenvalue weighted by atomic mass is 32.1. The summed E-state index contributed by atoms with van der Waals surface area (Å²) < 4.78 is 5.59. The van der Waals surface area contributed by atoms with Crippen LogP contribution in [-0.4, -0.2) is 22.4 Å². The third-order valence-corrected chi connectivity index (χ3v) is 4.57. The van der Waals surface area contributed by atoms with E-state index in [9.17, 15) is 4.79 Å². The number of carbonyl (C=O) groups is 1. The summed E-state index contributed by atoms with van der Waals surface area (Å²) in [6, 6.07) is 10.0. The van der Waals surface area contributed by atoms with E-state index < -0.39 is 0 Å². The van der Waals surface area contributed by atoms with Gasteiger partial charge in [-0.3, -0.25) is 4.79 Å². The molecule has 0 amide bonds. The zero-order valence-corrected chi connectivity index (χ0v) is 13.8. The lowest BCUT2D eigenvalue weighted by Gasteiger charge is -2.07. The van der Waals surface area contributed by atoms with Crippen molar-refractivity contribution in [3.8, 4) is 17.3 Å². The number of carbonyl (C=O) groups excluding carboxylic acids is 1. The van der Waals surface area contributed by atoms with E-state index in [2.05, 4.69) is 9.97 Å². The third-order valence-electron chi connectivity index (χ3n) is 3.37. The number of Topliss-reactive ketones (excluding diaryl/α,β-unsaturated/α-hetero) is 1. The highest BCUT2D eigenvalue weighted by molar-refractivity contribution is 7.21. The van der Waals surface area contributed by atoms with E-state index >= 15 is 0 Å². The van der Waals surface area contributed by atoms with E-state index in [4.69, 9.17) is 10.5 Å². The topological polar surface area (TPSA) is 78.1 Å². The number of benzene rings is 1. The van der Waals surface area contributed by atoms with Crippen LogP contribution in [0.25, 0.3) is 21.5 Å². The van der Waals surface area contributed by atoms with Gasteiger partial charge in [-0.25, -0.2) is 0 Å². The van der Waals surface area contributed by atoms with Crippen LogP contribution in [0.5, 0.6) is 6.01 Å². The van der Waals surface area contributed by atoms with Crippen LogP contribution in [-0.2, 0) is 0 Å². The Morgan fingerprint density at radius 2 is 2.00 bits per heavy atom. The van der Waals surface area contributed by atoms with Gasteiger partial charge in [0.1, 0.15) is 4.83 Å². The number of ketones is 1. The standard InChI is InChI=1S/C17H17N3O2S/c1-3-9-22-17-19-14(11-7-5-4-6-8-11)12-13(18)15(10(2)21)23-16(12)20-17/h4-8H,3,9,18H2,1-2H3. The molecule has 0 radical (unpaired) electrons. The Kier molecular flexibility index (Phi) is 4.25. The second kappa shape index (κ2) is 6.34. The minimum Gasteiger partial charge on any atom is -0.463 e. The van der Waals surface area contributed by atoms with Crippen LogP contribution in [0, 0.1) is 0 Å². The molecule has 1 aromatic carbocycles. The Labute approximate surface area is 138 Å². The predicted octanol–water partition coefficient (Wildman–Crippen LogP) is 3.93. The van der Waals surface area contributed by atoms with Gasteiger partial charge >= 0.3 is 6.01 Å². The lowest BCUT2D eigenvalue weighted by molar-refractivity contribution is 0.102. The van der Waals surface area contributed by atoms with Gasteiger partial charge in [-0.15, -0.1) is 11.3 Å². The zero-order valence-electron chi connectivity index (χ0n) is 13.0. The maximum Gasteiger partial charge on any atom is 0.318 e. The lowest BCUT2D eigenvalue weighted by atomic mass is 10.1. The maximum absolute atomic E-state index is 11.8. The van der Waals surface area contributed by atoms with Gasteiger partial charge in [0.05, 0.1) is 28.3 Å². The number of ether oxygens (including phenoxy) is 1. The summed E-state index contributed by atoms with van der Waals surface area (Å²) in [5, 5.41) is 0.718. The van der Waals surface area contributed by atoms with Crippen molar-refractivity contribution in [1.82, 2.24) is 9.97 Å². The van der Waals surface area contributed by atoms with Crippen LogP contribution in [0.1, 0.15) is 29.9 Å². The first kappa shape index (κ1) is 15.4. The number of nitrogens with zero attached hydrogens (tertiary/aromatic N) is 2. The highest BCUT2D eigenvalue weighted by Gasteiger charge is 2.20. The first-order valence-electron chi connectivity index (χ1n) is 7.41. The van der Waals surface area contributed by atoms with Crippen molar-refractivity contribution in [2.45, 2.75) is 20.3 Å². The molecule has 2 N–H and O–H groups in total. The van der Waals surface area contributed by atoms with Gasteiger partial charge in [-0.1, -0.05) is 37.3 Å². The number of nitrogen functional groups attached to an aromatic ring is 1. The molecule has 23 heavy (non-hydrogen) atoms. The fourth-order valence-corrected chi connectivity index (χ4v) is 3.31. The first-order chi connectivity index (χ1) is 11.1. The summed E-state index contributed by atoms with van der Waals surface area (Å²) in [6.07, 6.45) is 0.868. The Hall–Kier alpha value is -2.47. The van der Waals surface area contributed by atoms with Crippen LogP contribution in [0.4, 0.5) is 5.69 Å². The molecule has 3 rings (SSSR count). The van der Waals surface area contributed by atoms with Gasteiger partial charge in [0.25, 0.3) is 0 Å². The van der Waals surface area contributed by atoms with E-state index in [1.54, 1.807) is 0 Å². The van der Waals surface area contributed by atoms with Crippen molar-refractivity contribution in [1.29, 1.82) is 0 Å². The minimum atomic E-state index is -0.0689. The number of thiophene rings is 1. The molecule has 0 aliphatic carbocycles. The van der Waals surface area contributed by atoms with Crippen molar-refractivity contribution in [2.24, 2.45) is 0 Å². The summed E-state index contributed by atoms with van der Waals surface area (Å²) in [4.78, 5) is 21.9. The summed E-state index contributed by atoms with van der Waals surface area (Å²) in [5.41, 5.74) is 8.25. The van der Waals surface area contributed by atoms with Crippen molar-refractivity contribution < 1.29 is 9.53 Å². The van der Waals surface area contributed by atoms with E-state index in [1.807, 2.05) is 37.3 Å². The fourth-order valence-electron chi connectivity index (χ4n) is 2.33. The van der Waals surface area contributed by atoms with E-state index in [1.165, 1.54) is 18.3 Å². The van der Waals surface area contributed by atoms with E-state index in [0.717, 1.165) is 17.4 Å². The predicted molar refractivity (Wildman–Crippen MR) is 93.1 cm³/mol. The minimum absolute atomic E-state index is 0.0689. The molecule has 118 valence electrons. The van der Waals surface area contributed by atoms with E-state index in [0.29, 0.717) is 33.7 Å². The van der Waals surface area contributed by atoms with Crippen molar-refractivity contribution in [3.63, 3.8) is 0 Å². The quantitative estimate of drug-likeness (QED) is 0.718. The molecule has 2 heterocycles. The Balaban J connectivity index is 2.27. The number of nitrogens with two attached hydrogens (primary N) is 1. The summed E-state index contributed by atoms with van der Waals surface area (Å²) in [6.45, 7) is 4.07. The molecule has 0 aliphatic heterocycles. The molecule has 0 bridgehead atoms. The second-order valence-corrected chi connectivity index (χ2v) is 6.15. The molecular formula is C17H17N3O2S. The highest BCUT2D eigenvalue weighted by Crippen LogP contribution is 2.39. The van der Waals surface area contributed by atoms with Crippen LogP contribution in [0.2, 0.25) is 0 Å². The molecule has 0 spiro atoms. The van der Waals surface area contributed by atoms with Crippen molar-refractivity contribution in [2.75, 3.05) is 12.3 Å². The fraction of sp³-hybridized carbons (Fsp3) is 0.235. The Bertz CT molecular complexity index is 859. The molecule has 0 fully saturated rings. The van der Waals surface area contributed by atoms with Gasteiger partial charge in [0, 0.05) is 12.5 Å². The average Bonchev–Trinajstić information content (AvgIpc) is 2.90. The maximum atomic E-state index is 11.8. The van der Waals surface area contributed by atoms with Gasteiger partial charge in [-0.2, -0.15) is 9.97 Å². The normalized spacial score (nSPS) is 10.9. The van der Waals surface area contributed by atoms with Gasteiger partial charge < -0.3 is 10.5 Å². The zero-order chi connectivity index (χ0) is 16.4. The number of hydrogen-bond donors (Lipinski definition) is 1. The van der Waals surface area contributed by atoms with Crippen LogP contribution in [0.3, 0.4) is 0 Å². The van der Waals surface area contributed by atoms with Crippen LogP contribution in [0.15, 0.2) is 30.3 Å². The second-order valence-electron chi connectivity index (χ2n) is 5.15.